The summed E-state index contributed by atoms with van der Waals surface area (Å²) in [6.07, 6.45) is 1.65. The van der Waals surface area contributed by atoms with E-state index < -0.39 is 0 Å². The van der Waals surface area contributed by atoms with Gasteiger partial charge in [-0.25, -0.2) is 0 Å². The third-order valence-electron chi connectivity index (χ3n) is 3.71. The molecule has 0 aliphatic carbocycles. The molecule has 110 valence electrons. The predicted octanol–water partition coefficient (Wildman–Crippen LogP) is 3.25. The molecule has 1 N–H and O–H groups in total. The van der Waals surface area contributed by atoms with E-state index in [1.165, 1.54) is 0 Å². The second-order valence-corrected chi connectivity index (χ2v) is 5.21. The zero-order chi connectivity index (χ0) is 15.2. The lowest BCUT2D eigenvalue weighted by Crippen LogP contribution is -2.35. The van der Waals surface area contributed by atoms with Crippen LogP contribution in [0.25, 0.3) is 10.9 Å². The highest BCUT2D eigenvalue weighted by atomic mass is 15.1. The third-order valence-corrected chi connectivity index (χ3v) is 3.71. The molecule has 1 aromatic carbocycles. The fraction of sp³-hybridized carbons (Fsp3) is 0.412. The van der Waals surface area contributed by atoms with E-state index in [-0.39, 0.29) is 6.04 Å². The first-order valence-electron chi connectivity index (χ1n) is 7.46. The van der Waals surface area contributed by atoms with E-state index in [0.717, 1.165) is 36.2 Å². The van der Waals surface area contributed by atoms with Gasteiger partial charge in [-0.1, -0.05) is 32.0 Å². The van der Waals surface area contributed by atoms with Gasteiger partial charge < -0.3 is 10.2 Å². The summed E-state index contributed by atoms with van der Waals surface area (Å²) in [4.78, 5) is 6.71. The van der Waals surface area contributed by atoms with Crippen LogP contribution in [0.4, 0.5) is 5.69 Å². The fourth-order valence-electron chi connectivity index (χ4n) is 2.54. The predicted molar refractivity (Wildman–Crippen MR) is 87.3 cm³/mol. The number of hydrogen-bond acceptors (Lipinski definition) is 4. The summed E-state index contributed by atoms with van der Waals surface area (Å²) in [5.74, 6) is 0. The summed E-state index contributed by atoms with van der Waals surface area (Å²) in [7, 11) is 0. The van der Waals surface area contributed by atoms with Gasteiger partial charge in [0.15, 0.2) is 0 Å². The van der Waals surface area contributed by atoms with Crippen LogP contribution in [-0.4, -0.2) is 35.6 Å². The molecule has 2 aromatic rings. The minimum absolute atomic E-state index is 0.266. The van der Waals surface area contributed by atoms with Gasteiger partial charge in [0.05, 0.1) is 16.8 Å². The molecule has 21 heavy (non-hydrogen) atoms. The molecule has 0 fully saturated rings. The summed E-state index contributed by atoms with van der Waals surface area (Å²) in [6, 6.07) is 10.4. The first-order valence-corrected chi connectivity index (χ1v) is 7.46. The second kappa shape index (κ2) is 7.05. The van der Waals surface area contributed by atoms with Gasteiger partial charge in [-0.3, -0.25) is 4.98 Å². The number of fused-ring (bicyclic) bond motifs is 1. The Morgan fingerprint density at radius 2 is 2.00 bits per heavy atom. The number of nitrogens with one attached hydrogen (secondary N) is 1. The molecule has 1 heterocycles. The van der Waals surface area contributed by atoms with Crippen molar-refractivity contribution >= 4 is 16.6 Å². The monoisotopic (exact) mass is 282 g/mol. The Morgan fingerprint density at radius 3 is 2.67 bits per heavy atom. The maximum Gasteiger partial charge on any atom is 0.103 e. The van der Waals surface area contributed by atoms with E-state index in [0.29, 0.717) is 5.56 Å². The topological polar surface area (TPSA) is 52.0 Å². The van der Waals surface area contributed by atoms with E-state index in [9.17, 15) is 5.26 Å². The number of aromatic nitrogens is 1. The number of rotatable bonds is 6. The quantitative estimate of drug-likeness (QED) is 0.883. The van der Waals surface area contributed by atoms with Crippen molar-refractivity contribution in [1.29, 1.82) is 5.26 Å². The molecule has 0 radical (unpaired) electrons. The van der Waals surface area contributed by atoms with Gasteiger partial charge in [-0.15, -0.1) is 0 Å². The molecule has 2 rings (SSSR count). The highest BCUT2D eigenvalue weighted by Crippen LogP contribution is 2.26. The van der Waals surface area contributed by atoms with Crippen molar-refractivity contribution in [2.24, 2.45) is 0 Å². The number of likely N-dealkylation sites (N-methyl/N-ethyl adjacent to an activating group) is 1. The Labute approximate surface area is 126 Å². The first kappa shape index (κ1) is 15.3. The SMILES string of the molecule is CCN(CC)CC(C)Nc1c(C#N)cnc2ccccc12. The molecular formula is C17H22N4. The molecule has 4 heteroatoms. The Morgan fingerprint density at radius 1 is 1.29 bits per heavy atom. The van der Waals surface area contributed by atoms with E-state index in [1.807, 2.05) is 24.3 Å². The van der Waals surface area contributed by atoms with Crippen LogP contribution in [0.5, 0.6) is 0 Å². The van der Waals surface area contributed by atoms with Gasteiger partial charge in [0.2, 0.25) is 0 Å². The summed E-state index contributed by atoms with van der Waals surface area (Å²) >= 11 is 0. The van der Waals surface area contributed by atoms with Crippen molar-refractivity contribution in [3.63, 3.8) is 0 Å². The molecule has 0 amide bonds. The van der Waals surface area contributed by atoms with Gasteiger partial charge >= 0.3 is 0 Å². The second-order valence-electron chi connectivity index (χ2n) is 5.21. The van der Waals surface area contributed by atoms with Crippen molar-refractivity contribution in [1.82, 2.24) is 9.88 Å². The largest absolute Gasteiger partial charge is 0.380 e. The maximum absolute atomic E-state index is 9.32. The average Bonchev–Trinajstić information content (AvgIpc) is 2.53. The normalized spacial score (nSPS) is 12.3. The molecule has 0 spiro atoms. The zero-order valence-corrected chi connectivity index (χ0v) is 12.9. The van der Waals surface area contributed by atoms with Crippen LogP contribution in [0.15, 0.2) is 30.5 Å². The van der Waals surface area contributed by atoms with E-state index >= 15 is 0 Å². The van der Waals surface area contributed by atoms with Crippen molar-refractivity contribution in [2.75, 3.05) is 25.0 Å². The summed E-state index contributed by atoms with van der Waals surface area (Å²) in [5.41, 5.74) is 2.40. The number of para-hydroxylation sites is 1. The van der Waals surface area contributed by atoms with Crippen molar-refractivity contribution in [2.45, 2.75) is 26.8 Å². The Hall–Kier alpha value is -2.12. The number of pyridine rings is 1. The Bertz CT molecular complexity index is 641. The van der Waals surface area contributed by atoms with Crippen LogP contribution < -0.4 is 5.32 Å². The molecule has 1 unspecified atom stereocenters. The average molecular weight is 282 g/mol. The highest BCUT2D eigenvalue weighted by molar-refractivity contribution is 5.93. The Balaban J connectivity index is 2.30. The number of nitriles is 1. The van der Waals surface area contributed by atoms with Crippen LogP contribution in [0, 0.1) is 11.3 Å². The van der Waals surface area contributed by atoms with E-state index in [1.54, 1.807) is 6.20 Å². The molecule has 0 saturated carbocycles. The van der Waals surface area contributed by atoms with Gasteiger partial charge in [-0.2, -0.15) is 5.26 Å². The number of benzene rings is 1. The number of nitrogens with zero attached hydrogens (tertiary/aromatic N) is 3. The summed E-state index contributed by atoms with van der Waals surface area (Å²) < 4.78 is 0. The van der Waals surface area contributed by atoms with Crippen molar-refractivity contribution < 1.29 is 0 Å². The molecule has 0 aliphatic rings. The van der Waals surface area contributed by atoms with E-state index in [4.69, 9.17) is 0 Å². The van der Waals surface area contributed by atoms with Crippen LogP contribution in [-0.2, 0) is 0 Å². The molecular weight excluding hydrogens is 260 g/mol. The van der Waals surface area contributed by atoms with Crippen LogP contribution in [0.2, 0.25) is 0 Å². The fourth-order valence-corrected chi connectivity index (χ4v) is 2.54. The van der Waals surface area contributed by atoms with Crippen LogP contribution in [0.1, 0.15) is 26.3 Å². The molecule has 1 atom stereocenters. The molecule has 0 aliphatic heterocycles. The van der Waals surface area contributed by atoms with Crippen molar-refractivity contribution in [3.8, 4) is 6.07 Å². The molecule has 0 bridgehead atoms. The molecule has 0 saturated heterocycles. The molecule has 4 nitrogen and oxygen atoms in total. The van der Waals surface area contributed by atoms with Gasteiger partial charge in [0.25, 0.3) is 0 Å². The maximum atomic E-state index is 9.32. The third kappa shape index (κ3) is 3.50. The number of hydrogen-bond donors (Lipinski definition) is 1. The Kier molecular flexibility index (Phi) is 5.13. The lowest BCUT2D eigenvalue weighted by molar-refractivity contribution is 0.295. The zero-order valence-electron chi connectivity index (χ0n) is 12.9. The number of anilines is 1. The summed E-state index contributed by atoms with van der Waals surface area (Å²) in [5, 5.41) is 13.8. The van der Waals surface area contributed by atoms with Gasteiger partial charge in [-0.05, 0) is 26.1 Å². The lowest BCUT2D eigenvalue weighted by Gasteiger charge is -2.25. The van der Waals surface area contributed by atoms with Crippen LogP contribution in [0.3, 0.4) is 0 Å². The van der Waals surface area contributed by atoms with E-state index in [2.05, 4.69) is 42.0 Å². The minimum Gasteiger partial charge on any atom is -0.380 e. The van der Waals surface area contributed by atoms with Crippen LogP contribution >= 0.6 is 0 Å². The van der Waals surface area contributed by atoms with Gasteiger partial charge in [0.1, 0.15) is 6.07 Å². The molecule has 1 aromatic heterocycles. The standard InChI is InChI=1S/C17H22N4/c1-4-21(5-2)12-13(3)20-17-14(10-18)11-19-16-9-7-6-8-15(16)17/h6-9,11,13H,4-5,12H2,1-3H3,(H,19,20). The summed E-state index contributed by atoms with van der Waals surface area (Å²) in [6.45, 7) is 9.50. The van der Waals surface area contributed by atoms with Crippen molar-refractivity contribution in [3.05, 3.63) is 36.0 Å². The highest BCUT2D eigenvalue weighted by Gasteiger charge is 2.12. The minimum atomic E-state index is 0.266. The lowest BCUT2D eigenvalue weighted by atomic mass is 10.1. The van der Waals surface area contributed by atoms with Gasteiger partial charge in [0, 0.05) is 24.2 Å². The first-order chi connectivity index (χ1) is 10.2. The smallest absolute Gasteiger partial charge is 0.103 e.